The summed E-state index contributed by atoms with van der Waals surface area (Å²) in [5.41, 5.74) is 0. The summed E-state index contributed by atoms with van der Waals surface area (Å²) in [6, 6.07) is 0. The van der Waals surface area contributed by atoms with Crippen molar-refractivity contribution in [2.45, 2.75) is 373 Å². The van der Waals surface area contributed by atoms with Gasteiger partial charge in [-0.1, -0.05) is 363 Å². The zero-order valence-corrected chi connectivity index (χ0v) is 60.3. The van der Waals surface area contributed by atoms with Crippen molar-refractivity contribution in [2.24, 2.45) is 0 Å². The van der Waals surface area contributed by atoms with Crippen molar-refractivity contribution in [1.82, 2.24) is 0 Å². The number of allylic oxidation sites excluding steroid dienone is 12. The minimum Gasteiger partial charge on any atom is -0.462 e. The lowest BCUT2D eigenvalue weighted by Gasteiger charge is -2.24. The second-order valence-corrected chi connectivity index (χ2v) is 28.5. The van der Waals surface area contributed by atoms with E-state index in [4.69, 9.17) is 18.5 Å². The van der Waals surface area contributed by atoms with E-state index < -0.39 is 26.5 Å². The van der Waals surface area contributed by atoms with Crippen LogP contribution in [0.3, 0.4) is 0 Å². The maximum Gasteiger partial charge on any atom is 0.472 e. The van der Waals surface area contributed by atoms with Gasteiger partial charge in [-0.05, 0) is 64.2 Å². The maximum absolute atomic E-state index is 12.9. The number of hydrogen-bond acceptors (Lipinski definition) is 7. The standard InChI is InChI=1S/C79H146NO8P/c1-6-8-10-12-14-16-18-20-22-24-26-28-30-32-33-34-35-36-37-38-39-40-41-42-43-44-45-46-48-49-51-53-55-57-59-61-63-65-67-69-71-78(81)85-75-77(76-87-89(83,84)86-74-73-80(3,4)5)88-79(82)72-70-68-66-64-62-60-58-56-54-52-50-47-31-29-27-25-23-21-19-17-15-13-11-9-7-2/h9,11,15,17,21,23,27,29,47,50,54,56,77H,6-8,10,12-14,16,18-20,22,24-26,28,30-46,48-49,51-53,55,57-76H2,1-5H3/p+1/b11-9-,17-15-,23-21-,29-27-,50-47-,56-54-. The molecule has 0 fully saturated rings. The molecular weight excluding hydrogens is 1120 g/mol. The number of phosphoric ester groups is 1. The average molecular weight is 1270 g/mol. The van der Waals surface area contributed by atoms with Gasteiger partial charge in [-0.25, -0.2) is 4.57 Å². The van der Waals surface area contributed by atoms with Crippen molar-refractivity contribution in [3.8, 4) is 0 Å². The Balaban J connectivity index is 3.92. The molecule has 2 atom stereocenters. The topological polar surface area (TPSA) is 108 Å². The van der Waals surface area contributed by atoms with Crippen LogP contribution in [-0.2, 0) is 32.7 Å². The van der Waals surface area contributed by atoms with Crippen LogP contribution in [-0.4, -0.2) is 74.9 Å². The first-order chi connectivity index (χ1) is 43.5. The van der Waals surface area contributed by atoms with Crippen molar-refractivity contribution in [3.05, 3.63) is 72.9 Å². The Morgan fingerprint density at radius 2 is 0.640 bits per heavy atom. The highest BCUT2D eigenvalue weighted by Gasteiger charge is 2.27. The molecule has 0 rings (SSSR count). The monoisotopic (exact) mass is 1270 g/mol. The van der Waals surface area contributed by atoms with E-state index in [-0.39, 0.29) is 32.0 Å². The number of carbonyl (C=O) groups is 2. The molecule has 0 heterocycles. The molecule has 9 nitrogen and oxygen atoms in total. The summed E-state index contributed by atoms with van der Waals surface area (Å²) in [7, 11) is 1.47. The number of likely N-dealkylation sites (N-methyl/N-ethyl adjacent to an activating group) is 1. The lowest BCUT2D eigenvalue weighted by molar-refractivity contribution is -0.870. The average Bonchev–Trinajstić information content (AvgIpc) is 3.60. The van der Waals surface area contributed by atoms with Gasteiger partial charge in [-0.3, -0.25) is 18.6 Å². The predicted octanol–water partition coefficient (Wildman–Crippen LogP) is 25.1. The molecule has 0 aromatic carbocycles. The van der Waals surface area contributed by atoms with E-state index in [1.54, 1.807) is 0 Å². The Bertz CT molecular complexity index is 1730. The second kappa shape index (κ2) is 69.8. The Labute approximate surface area is 552 Å². The largest absolute Gasteiger partial charge is 0.472 e. The van der Waals surface area contributed by atoms with E-state index in [1.807, 2.05) is 21.1 Å². The minimum atomic E-state index is -4.40. The zero-order valence-electron chi connectivity index (χ0n) is 59.4. The molecule has 0 bridgehead atoms. The molecule has 0 saturated heterocycles. The first-order valence-corrected chi connectivity index (χ1v) is 39.7. The number of unbranched alkanes of at least 4 members (excludes halogenated alkanes) is 45. The number of carbonyl (C=O) groups excluding carboxylic acids is 2. The number of esters is 2. The van der Waals surface area contributed by atoms with Gasteiger partial charge in [0.15, 0.2) is 6.10 Å². The normalized spacial score (nSPS) is 13.5. The van der Waals surface area contributed by atoms with Gasteiger partial charge >= 0.3 is 19.8 Å². The van der Waals surface area contributed by atoms with Gasteiger partial charge in [-0.15, -0.1) is 0 Å². The fourth-order valence-corrected chi connectivity index (χ4v) is 11.9. The summed E-state index contributed by atoms with van der Waals surface area (Å²) in [6.45, 7) is 4.35. The van der Waals surface area contributed by atoms with Crippen LogP contribution >= 0.6 is 7.82 Å². The summed E-state index contributed by atoms with van der Waals surface area (Å²) < 4.78 is 34.7. The molecule has 0 aromatic rings. The van der Waals surface area contributed by atoms with Crippen LogP contribution in [0.4, 0.5) is 0 Å². The summed E-state index contributed by atoms with van der Waals surface area (Å²) in [5.74, 6) is -0.803. The Kier molecular flexibility index (Phi) is 67.8. The van der Waals surface area contributed by atoms with E-state index >= 15 is 0 Å². The van der Waals surface area contributed by atoms with E-state index in [0.29, 0.717) is 17.4 Å². The highest BCUT2D eigenvalue weighted by atomic mass is 31.2. The first-order valence-electron chi connectivity index (χ1n) is 38.2. The highest BCUT2D eigenvalue weighted by molar-refractivity contribution is 7.47. The van der Waals surface area contributed by atoms with Crippen molar-refractivity contribution in [1.29, 1.82) is 0 Å². The van der Waals surface area contributed by atoms with Crippen molar-refractivity contribution >= 4 is 19.8 Å². The SMILES string of the molecule is CC/C=C\C/C=C\C/C=C\C/C=C\C/C=C\C/C=C\CCCCCCCCC(=O)OC(COC(=O)CCCCCCCCCCCCCCCCCCCCCCCCCCCCCCCCCCCCCCCCCC)COP(=O)(O)OCC[N+](C)(C)C. The summed E-state index contributed by atoms with van der Waals surface area (Å²) in [5, 5.41) is 0. The van der Waals surface area contributed by atoms with Crippen molar-refractivity contribution in [2.75, 3.05) is 47.5 Å². The van der Waals surface area contributed by atoms with E-state index in [9.17, 15) is 19.0 Å². The molecule has 1 N–H and O–H groups in total. The Morgan fingerprint density at radius 1 is 0.360 bits per heavy atom. The molecule has 0 aliphatic carbocycles. The smallest absolute Gasteiger partial charge is 0.462 e. The van der Waals surface area contributed by atoms with Crippen molar-refractivity contribution in [3.63, 3.8) is 0 Å². The molecule has 0 aliphatic rings. The van der Waals surface area contributed by atoms with Gasteiger partial charge in [0.1, 0.15) is 19.8 Å². The number of ether oxygens (including phenoxy) is 2. The Hall–Kier alpha value is -2.55. The molecule has 0 saturated carbocycles. The van der Waals surface area contributed by atoms with Crippen LogP contribution in [0.15, 0.2) is 72.9 Å². The fourth-order valence-electron chi connectivity index (χ4n) is 11.2. The summed E-state index contributed by atoms with van der Waals surface area (Å²) >= 11 is 0. The number of phosphoric acid groups is 1. The molecule has 0 radical (unpaired) electrons. The van der Waals surface area contributed by atoms with E-state index in [0.717, 1.165) is 96.3 Å². The third kappa shape index (κ3) is 74.4. The van der Waals surface area contributed by atoms with Crippen LogP contribution in [0.25, 0.3) is 0 Å². The van der Waals surface area contributed by atoms with Crippen LogP contribution in [0, 0.1) is 0 Å². The van der Waals surface area contributed by atoms with Crippen molar-refractivity contribution < 1.29 is 42.1 Å². The molecule has 0 aromatic heterocycles. The molecule has 0 amide bonds. The Morgan fingerprint density at radius 3 is 0.955 bits per heavy atom. The maximum atomic E-state index is 12.9. The lowest BCUT2D eigenvalue weighted by Crippen LogP contribution is -2.37. The molecule has 520 valence electrons. The lowest BCUT2D eigenvalue weighted by atomic mass is 10.0. The second-order valence-electron chi connectivity index (χ2n) is 27.0. The summed E-state index contributed by atoms with van der Waals surface area (Å²) in [4.78, 5) is 35.9. The quantitative estimate of drug-likeness (QED) is 0.0211. The number of rotatable bonds is 71. The van der Waals surface area contributed by atoms with E-state index in [2.05, 4.69) is 86.8 Å². The van der Waals surface area contributed by atoms with Gasteiger partial charge in [0, 0.05) is 12.8 Å². The fraction of sp³-hybridized carbons (Fsp3) is 0.823. The molecular formula is C79H147NO8P+. The molecule has 89 heavy (non-hydrogen) atoms. The first kappa shape index (κ1) is 86.5. The minimum absolute atomic E-state index is 0.0268. The molecule has 0 aliphatic heterocycles. The molecule has 0 spiro atoms. The third-order valence-corrected chi connectivity index (χ3v) is 18.0. The van der Waals surface area contributed by atoms with Gasteiger partial charge in [0.25, 0.3) is 0 Å². The highest BCUT2D eigenvalue weighted by Crippen LogP contribution is 2.43. The van der Waals surface area contributed by atoms with Gasteiger partial charge < -0.3 is 18.9 Å². The van der Waals surface area contributed by atoms with Crippen LogP contribution in [0.5, 0.6) is 0 Å². The summed E-state index contributed by atoms with van der Waals surface area (Å²) in [6.07, 6.45) is 94.8. The van der Waals surface area contributed by atoms with Gasteiger partial charge in [0.2, 0.25) is 0 Å². The molecule has 2 unspecified atom stereocenters. The molecule has 10 heteroatoms. The number of hydrogen-bond donors (Lipinski definition) is 1. The van der Waals surface area contributed by atoms with Gasteiger partial charge in [-0.2, -0.15) is 0 Å². The zero-order chi connectivity index (χ0) is 64.8. The van der Waals surface area contributed by atoms with Gasteiger partial charge in [0.05, 0.1) is 27.7 Å². The van der Waals surface area contributed by atoms with E-state index in [1.165, 1.54) is 238 Å². The van der Waals surface area contributed by atoms with Crippen LogP contribution in [0.1, 0.15) is 367 Å². The number of nitrogens with zero attached hydrogens (tertiary/aromatic N) is 1. The van der Waals surface area contributed by atoms with Crippen LogP contribution in [0.2, 0.25) is 0 Å². The predicted molar refractivity (Wildman–Crippen MR) is 386 cm³/mol. The number of quaternary nitrogens is 1. The van der Waals surface area contributed by atoms with Crippen LogP contribution < -0.4 is 0 Å². The third-order valence-electron chi connectivity index (χ3n) is 17.0.